The van der Waals surface area contributed by atoms with Crippen LogP contribution in [-0.4, -0.2) is 9.55 Å². The third-order valence-corrected chi connectivity index (χ3v) is 5.58. The van der Waals surface area contributed by atoms with E-state index in [2.05, 4.69) is 112 Å². The third-order valence-electron chi connectivity index (χ3n) is 5.58. The second-order valence-corrected chi connectivity index (χ2v) is 8.43. The zero-order valence-corrected chi connectivity index (χ0v) is 18.7. The number of aromatic nitrogens is 3. The van der Waals surface area contributed by atoms with E-state index in [1.807, 2.05) is 0 Å². The van der Waals surface area contributed by atoms with Crippen LogP contribution in [-0.2, 0) is 6.54 Å². The number of nitrogens with zero attached hydrogens (tertiary/aromatic N) is 3. The first-order valence-corrected chi connectivity index (χ1v) is 10.4. The van der Waals surface area contributed by atoms with Crippen molar-refractivity contribution >= 4 is 0 Å². The minimum Gasteiger partial charge on any atom is -0.326 e. The highest BCUT2D eigenvalue weighted by Gasteiger charge is 2.11. The average Bonchev–Trinajstić information content (AvgIpc) is 3.08. The molecule has 0 aliphatic heterocycles. The standard InChI is InChI=1S/C27H29N3/c1-18-12-20(3)26(21(4)13-18)25-9-7-8-24(28-25)16-29-10-11-30(17-29)27-22(5)14-19(2)15-23(27)6/h7-15H,16H2,1-6H3. The lowest BCUT2D eigenvalue weighted by atomic mass is 9.97. The van der Waals surface area contributed by atoms with Crippen LogP contribution in [0.25, 0.3) is 16.9 Å². The molecule has 2 heterocycles. The van der Waals surface area contributed by atoms with Crippen LogP contribution in [0.4, 0.5) is 0 Å². The van der Waals surface area contributed by atoms with E-state index < -0.39 is 0 Å². The lowest BCUT2D eigenvalue weighted by Gasteiger charge is -2.13. The van der Waals surface area contributed by atoms with Gasteiger partial charge in [-0.05, 0) is 75.9 Å². The summed E-state index contributed by atoms with van der Waals surface area (Å²) in [5.41, 5.74) is 12.1. The van der Waals surface area contributed by atoms with Gasteiger partial charge in [0.1, 0.15) is 6.54 Å². The molecule has 3 nitrogen and oxygen atoms in total. The Morgan fingerprint density at radius 1 is 0.833 bits per heavy atom. The second kappa shape index (κ2) is 7.91. The van der Waals surface area contributed by atoms with Gasteiger partial charge in [-0.3, -0.25) is 0 Å². The summed E-state index contributed by atoms with van der Waals surface area (Å²) in [5, 5.41) is 0. The molecule has 2 aromatic heterocycles. The predicted octanol–water partition coefficient (Wildman–Crippen LogP) is 5.53. The molecule has 4 aromatic rings. The van der Waals surface area contributed by atoms with Gasteiger partial charge < -0.3 is 9.13 Å². The highest BCUT2D eigenvalue weighted by Crippen LogP contribution is 2.27. The summed E-state index contributed by atoms with van der Waals surface area (Å²) >= 11 is 0. The van der Waals surface area contributed by atoms with Crippen molar-refractivity contribution in [3.63, 3.8) is 0 Å². The number of hydrogen-bond acceptors (Lipinski definition) is 1. The fourth-order valence-corrected chi connectivity index (χ4v) is 4.58. The Labute approximate surface area is 179 Å². The van der Waals surface area contributed by atoms with E-state index in [1.165, 1.54) is 44.6 Å². The minimum absolute atomic E-state index is 0.689. The summed E-state index contributed by atoms with van der Waals surface area (Å²) in [6, 6.07) is 15.2. The van der Waals surface area contributed by atoms with Crippen molar-refractivity contribution in [2.75, 3.05) is 0 Å². The van der Waals surface area contributed by atoms with Gasteiger partial charge >= 0.3 is 0 Å². The van der Waals surface area contributed by atoms with Gasteiger partial charge in [0.25, 0.3) is 0 Å². The first-order valence-electron chi connectivity index (χ1n) is 10.4. The van der Waals surface area contributed by atoms with Gasteiger partial charge in [0, 0.05) is 18.0 Å². The molecule has 0 fully saturated rings. The normalized spacial score (nSPS) is 11.1. The van der Waals surface area contributed by atoms with Crippen molar-refractivity contribution < 1.29 is 4.57 Å². The minimum atomic E-state index is 0.689. The quantitative estimate of drug-likeness (QED) is 0.329. The Kier molecular flexibility index (Phi) is 5.29. The second-order valence-electron chi connectivity index (χ2n) is 8.43. The molecule has 0 N–H and O–H groups in total. The zero-order chi connectivity index (χ0) is 21.4. The van der Waals surface area contributed by atoms with E-state index in [-0.39, 0.29) is 0 Å². The van der Waals surface area contributed by atoms with Gasteiger partial charge in [0.15, 0.2) is 0 Å². The van der Waals surface area contributed by atoms with E-state index in [0.29, 0.717) is 6.54 Å². The molecule has 3 heteroatoms. The van der Waals surface area contributed by atoms with Crippen molar-refractivity contribution in [1.29, 1.82) is 0 Å². The average molecular weight is 396 g/mol. The van der Waals surface area contributed by atoms with Crippen LogP contribution in [0, 0.1) is 47.9 Å². The maximum Gasteiger partial charge on any atom is 0.243 e. The van der Waals surface area contributed by atoms with Gasteiger partial charge in [-0.25, -0.2) is 4.98 Å². The number of benzene rings is 2. The molecule has 0 aliphatic carbocycles. The molecule has 4 rings (SSSR count). The fourth-order valence-electron chi connectivity index (χ4n) is 4.58. The highest BCUT2D eigenvalue weighted by molar-refractivity contribution is 5.68. The number of rotatable bonds is 4. The van der Waals surface area contributed by atoms with Crippen molar-refractivity contribution in [1.82, 2.24) is 9.55 Å². The first-order chi connectivity index (χ1) is 14.3. The molecule has 0 radical (unpaired) electrons. The van der Waals surface area contributed by atoms with Crippen molar-refractivity contribution in [3.05, 3.63) is 100 Å². The van der Waals surface area contributed by atoms with Crippen molar-refractivity contribution in [3.8, 4) is 16.9 Å². The van der Waals surface area contributed by atoms with Crippen molar-refractivity contribution in [2.45, 2.75) is 48.1 Å². The van der Waals surface area contributed by atoms with Gasteiger partial charge in [0.2, 0.25) is 6.33 Å². The summed E-state index contributed by atoms with van der Waals surface area (Å²) < 4.78 is 4.15. The summed E-state index contributed by atoms with van der Waals surface area (Å²) in [7, 11) is 0. The van der Waals surface area contributed by atoms with Crippen molar-refractivity contribution in [2.24, 2.45) is 0 Å². The summed E-state index contributed by atoms with van der Waals surface area (Å²) in [4.78, 5) is 4.97. The molecule has 0 amide bonds. The zero-order valence-electron chi connectivity index (χ0n) is 18.7. The first kappa shape index (κ1) is 20.1. The Morgan fingerprint density at radius 3 is 2.07 bits per heavy atom. The molecular formula is C27H29N3. The molecule has 0 spiro atoms. The maximum atomic E-state index is 4.97. The van der Waals surface area contributed by atoms with Gasteiger partial charge in [-0.2, -0.15) is 0 Å². The van der Waals surface area contributed by atoms with E-state index in [1.54, 1.807) is 0 Å². The molecule has 0 unspecified atom stereocenters. The Balaban J connectivity index is 1.64. The van der Waals surface area contributed by atoms with E-state index >= 15 is 0 Å². The Hall–Kier alpha value is -3.20. The van der Waals surface area contributed by atoms with E-state index in [0.717, 1.165) is 11.4 Å². The number of imidazole rings is 1. The van der Waals surface area contributed by atoms with Crippen LogP contribution in [0.1, 0.15) is 39.1 Å². The van der Waals surface area contributed by atoms with Crippen LogP contribution in [0.15, 0.2) is 54.9 Å². The smallest absolute Gasteiger partial charge is 0.243 e. The molecular weight excluding hydrogens is 366 g/mol. The topological polar surface area (TPSA) is 21.7 Å². The fraction of sp³-hybridized carbons (Fsp3) is 0.259. The molecule has 0 saturated carbocycles. The Morgan fingerprint density at radius 2 is 1.43 bits per heavy atom. The number of pyridine rings is 1. The molecule has 2 aromatic carbocycles. The van der Waals surface area contributed by atoms with Crippen LogP contribution < -0.4 is 4.57 Å². The van der Waals surface area contributed by atoms with Crippen LogP contribution in [0.3, 0.4) is 0 Å². The van der Waals surface area contributed by atoms with E-state index in [4.69, 9.17) is 4.98 Å². The largest absolute Gasteiger partial charge is 0.326 e. The van der Waals surface area contributed by atoms with E-state index in [9.17, 15) is 0 Å². The highest BCUT2D eigenvalue weighted by atomic mass is 15.1. The molecule has 0 bridgehead atoms. The Bertz CT molecular complexity index is 1180. The summed E-state index contributed by atoms with van der Waals surface area (Å²) in [6.07, 6.45) is 7.60. The van der Waals surface area contributed by atoms with Crippen LogP contribution >= 0.6 is 0 Å². The third kappa shape index (κ3) is 3.93. The summed E-state index contributed by atoms with van der Waals surface area (Å²) in [6.45, 7) is 13.6. The number of hydrogen-bond donors (Lipinski definition) is 0. The lowest BCUT2D eigenvalue weighted by molar-refractivity contribution is -0.692. The van der Waals surface area contributed by atoms with Gasteiger partial charge in [0.05, 0.1) is 17.1 Å². The molecule has 0 saturated heterocycles. The monoisotopic (exact) mass is 395 g/mol. The molecule has 152 valence electrons. The predicted molar refractivity (Wildman–Crippen MR) is 122 cm³/mol. The molecule has 0 aliphatic rings. The molecule has 0 atom stereocenters. The molecule has 30 heavy (non-hydrogen) atoms. The maximum absolute atomic E-state index is 4.97. The lowest BCUT2D eigenvalue weighted by Crippen LogP contribution is -2.32. The van der Waals surface area contributed by atoms with Gasteiger partial charge in [-0.15, -0.1) is 0 Å². The van der Waals surface area contributed by atoms with Crippen LogP contribution in [0.5, 0.6) is 0 Å². The number of aryl methyl sites for hydroxylation is 6. The van der Waals surface area contributed by atoms with Gasteiger partial charge in [-0.1, -0.05) is 41.5 Å². The van der Waals surface area contributed by atoms with Crippen LogP contribution in [0.2, 0.25) is 0 Å². The SMILES string of the molecule is Cc1cc(C)c(-c2cccc(C[n+]3[c-]n(-c4c(C)cc(C)cc4C)cc3)n2)c(C)c1. The summed E-state index contributed by atoms with van der Waals surface area (Å²) in [5.74, 6) is 0.